The second kappa shape index (κ2) is 11.2. The molecule has 0 saturated carbocycles. The first-order valence-corrected chi connectivity index (χ1v) is 18.0. The van der Waals surface area contributed by atoms with Crippen molar-refractivity contribution in [2.24, 2.45) is 0 Å². The minimum Gasteiger partial charge on any atom is -0.308 e. The maximum atomic E-state index is 5.31. The van der Waals surface area contributed by atoms with Crippen LogP contribution in [0.25, 0.3) is 59.2 Å². The Morgan fingerprint density at radius 3 is 1.80 bits per heavy atom. The molecule has 236 valence electrons. The predicted molar refractivity (Wildman–Crippen MR) is 214 cm³/mol. The number of thiazole rings is 1. The van der Waals surface area contributed by atoms with Crippen molar-refractivity contribution in [3.05, 3.63) is 149 Å². The highest BCUT2D eigenvalue weighted by molar-refractivity contribution is 7.21. The number of nitrogens with zero attached hydrogens (tertiary/aromatic N) is 2. The smallest absolute Gasteiger partial charge is 0.243 e. The van der Waals surface area contributed by atoms with E-state index in [2.05, 4.69) is 161 Å². The largest absolute Gasteiger partial charge is 0.308 e. The van der Waals surface area contributed by atoms with Gasteiger partial charge in [0.05, 0.1) is 26.8 Å². The van der Waals surface area contributed by atoms with E-state index in [4.69, 9.17) is 4.98 Å². The number of fused-ring (bicyclic) bond motifs is 4. The van der Waals surface area contributed by atoms with E-state index in [-0.39, 0.29) is 6.71 Å². The molecule has 5 aromatic carbocycles. The highest BCUT2D eigenvalue weighted by Crippen LogP contribution is 2.47. The molecule has 0 atom stereocenters. The lowest BCUT2D eigenvalue weighted by atomic mass is 9.33. The number of para-hydroxylation sites is 1. The molecule has 4 heterocycles. The fraction of sp³-hybridized carbons (Fsp3) is 0.133. The van der Waals surface area contributed by atoms with Gasteiger partial charge >= 0.3 is 0 Å². The molecular weight excluding hydrogens is 611 g/mol. The molecule has 0 amide bonds. The van der Waals surface area contributed by atoms with Gasteiger partial charge in [-0.3, -0.25) is 0 Å². The molecule has 0 N–H and O–H groups in total. The van der Waals surface area contributed by atoms with Gasteiger partial charge in [0.25, 0.3) is 0 Å². The molecule has 0 spiro atoms. The van der Waals surface area contributed by atoms with Crippen molar-refractivity contribution in [1.82, 2.24) is 9.38 Å². The third-order valence-corrected chi connectivity index (χ3v) is 11.6. The monoisotopic (exact) mass is 648 g/mol. The summed E-state index contributed by atoms with van der Waals surface area (Å²) in [5.74, 6) is 0. The van der Waals surface area contributed by atoms with Gasteiger partial charge in [-0.15, -0.1) is 11.3 Å². The van der Waals surface area contributed by atoms with Crippen molar-refractivity contribution < 1.29 is 0 Å². The summed E-state index contributed by atoms with van der Waals surface area (Å²) in [4.78, 5) is 5.31. The van der Waals surface area contributed by atoms with Crippen LogP contribution >= 0.6 is 11.3 Å². The van der Waals surface area contributed by atoms with E-state index in [9.17, 15) is 0 Å². The van der Waals surface area contributed by atoms with Crippen molar-refractivity contribution in [1.29, 1.82) is 0 Å². The molecular formula is C45H37BN2S. The average molecular weight is 649 g/mol. The number of aromatic nitrogens is 2. The van der Waals surface area contributed by atoms with Gasteiger partial charge in [-0.25, -0.2) is 4.98 Å². The summed E-state index contributed by atoms with van der Waals surface area (Å²) in [5.41, 5.74) is 20.6. The molecule has 4 aromatic heterocycles. The Morgan fingerprint density at radius 2 is 1.12 bits per heavy atom. The van der Waals surface area contributed by atoms with E-state index in [0.29, 0.717) is 0 Å². The van der Waals surface area contributed by atoms with E-state index in [1.807, 2.05) is 0 Å². The third kappa shape index (κ3) is 4.51. The molecule has 0 bridgehead atoms. The van der Waals surface area contributed by atoms with E-state index in [0.717, 1.165) is 10.5 Å². The second-order valence-electron chi connectivity index (χ2n) is 13.9. The number of pyridine rings is 1. The first kappa shape index (κ1) is 29.9. The zero-order valence-corrected chi connectivity index (χ0v) is 29.7. The van der Waals surface area contributed by atoms with Crippen molar-refractivity contribution in [3.63, 3.8) is 0 Å². The summed E-state index contributed by atoms with van der Waals surface area (Å²) in [7, 11) is 0. The van der Waals surface area contributed by atoms with Crippen molar-refractivity contribution in [2.45, 2.75) is 41.5 Å². The zero-order valence-electron chi connectivity index (χ0n) is 28.8. The first-order chi connectivity index (χ1) is 23.8. The minimum absolute atomic E-state index is 0.0481. The molecule has 49 heavy (non-hydrogen) atoms. The Kier molecular flexibility index (Phi) is 6.83. The average Bonchev–Trinajstić information content (AvgIpc) is 3.76. The Balaban J connectivity index is 1.46. The maximum absolute atomic E-state index is 5.31. The lowest BCUT2D eigenvalue weighted by Crippen LogP contribution is -2.56. The van der Waals surface area contributed by atoms with Crippen LogP contribution in [-0.4, -0.2) is 16.1 Å². The van der Waals surface area contributed by atoms with E-state index < -0.39 is 0 Å². The molecule has 0 radical (unpaired) electrons. The third-order valence-electron chi connectivity index (χ3n) is 10.5. The van der Waals surface area contributed by atoms with Gasteiger partial charge in [0.1, 0.15) is 5.01 Å². The summed E-state index contributed by atoms with van der Waals surface area (Å²) >= 11 is 1.79. The number of benzene rings is 5. The SMILES string of the molecule is Cc1cc(C)c(B(c2ccccc2-c2c(-c3nc4ccccc4s3)c3cccc4c5ccccc5c2n34)c2c(C)cc(C)cc2C)c(C)c1. The predicted octanol–water partition coefficient (Wildman–Crippen LogP) is 9.99. The Morgan fingerprint density at radius 1 is 0.551 bits per heavy atom. The van der Waals surface area contributed by atoms with Gasteiger partial charge in [0.2, 0.25) is 6.71 Å². The second-order valence-corrected chi connectivity index (χ2v) is 14.9. The molecule has 0 aliphatic carbocycles. The standard InChI is InChI=1S/C45H37BN2S/c1-26-22-28(3)42(29(4)23-26)46(43-30(5)24-27(2)25-31(43)6)35-17-10-9-16-34(35)40-41(45-47-36-18-11-12-21-39(36)49-45)38-20-13-19-37-32-14-7-8-15-33(32)44(40)48(37)38/h7-25H,1-6H3. The lowest BCUT2D eigenvalue weighted by molar-refractivity contribution is 1.34. The molecule has 4 heteroatoms. The zero-order chi connectivity index (χ0) is 33.6. The molecule has 0 fully saturated rings. The molecule has 9 aromatic rings. The van der Waals surface area contributed by atoms with Crippen LogP contribution in [-0.2, 0) is 0 Å². The van der Waals surface area contributed by atoms with Gasteiger partial charge in [-0.05, 0) is 71.4 Å². The lowest BCUT2D eigenvalue weighted by Gasteiger charge is -2.26. The van der Waals surface area contributed by atoms with E-state index in [1.54, 1.807) is 11.3 Å². The van der Waals surface area contributed by atoms with E-state index in [1.165, 1.54) is 98.5 Å². The number of aryl methyl sites for hydroxylation is 6. The maximum Gasteiger partial charge on any atom is 0.243 e. The van der Waals surface area contributed by atoms with Gasteiger partial charge in [0.15, 0.2) is 0 Å². The van der Waals surface area contributed by atoms with E-state index >= 15 is 0 Å². The van der Waals surface area contributed by atoms with Gasteiger partial charge in [-0.1, -0.05) is 141 Å². The normalized spacial score (nSPS) is 11.9. The van der Waals surface area contributed by atoms with Crippen molar-refractivity contribution in [3.8, 4) is 21.7 Å². The summed E-state index contributed by atoms with van der Waals surface area (Å²) in [6, 6.07) is 42.8. The van der Waals surface area contributed by atoms with Crippen molar-refractivity contribution >= 4 is 72.0 Å². The summed E-state index contributed by atoms with van der Waals surface area (Å²) in [5, 5.41) is 3.62. The Bertz CT molecular complexity index is 2610. The van der Waals surface area contributed by atoms with Crippen LogP contribution in [0.2, 0.25) is 0 Å². The van der Waals surface area contributed by atoms with Crippen LogP contribution in [0, 0.1) is 41.5 Å². The Hall–Kier alpha value is -5.19. The number of hydrogen-bond acceptors (Lipinski definition) is 2. The summed E-state index contributed by atoms with van der Waals surface area (Å²) < 4.78 is 3.71. The van der Waals surface area contributed by atoms with Gasteiger partial charge in [0, 0.05) is 21.9 Å². The molecule has 0 unspecified atom stereocenters. The molecule has 0 saturated heterocycles. The first-order valence-electron chi connectivity index (χ1n) is 17.2. The summed E-state index contributed by atoms with van der Waals surface area (Å²) in [6.45, 7) is 13.7. The number of hydrogen-bond donors (Lipinski definition) is 0. The van der Waals surface area contributed by atoms with Gasteiger partial charge in [-0.2, -0.15) is 0 Å². The highest BCUT2D eigenvalue weighted by atomic mass is 32.1. The molecule has 9 rings (SSSR count). The minimum atomic E-state index is 0.0481. The van der Waals surface area contributed by atoms with Crippen LogP contribution < -0.4 is 16.4 Å². The molecule has 0 aliphatic rings. The van der Waals surface area contributed by atoms with Crippen LogP contribution in [0.5, 0.6) is 0 Å². The molecule has 2 nitrogen and oxygen atoms in total. The van der Waals surface area contributed by atoms with Crippen molar-refractivity contribution in [2.75, 3.05) is 0 Å². The summed E-state index contributed by atoms with van der Waals surface area (Å²) in [6.07, 6.45) is 0. The fourth-order valence-corrected chi connectivity index (χ4v) is 9.89. The van der Waals surface area contributed by atoms with Crippen LogP contribution in [0.4, 0.5) is 0 Å². The van der Waals surface area contributed by atoms with Gasteiger partial charge < -0.3 is 4.40 Å². The Labute approximate surface area is 292 Å². The fourth-order valence-electron chi connectivity index (χ4n) is 8.86. The number of rotatable bonds is 5. The molecule has 0 aliphatic heterocycles. The van der Waals surface area contributed by atoms with Crippen LogP contribution in [0.15, 0.2) is 115 Å². The quantitative estimate of drug-likeness (QED) is 0.170. The van der Waals surface area contributed by atoms with Crippen LogP contribution in [0.1, 0.15) is 33.4 Å². The van der Waals surface area contributed by atoms with Crippen LogP contribution in [0.3, 0.4) is 0 Å². The highest BCUT2D eigenvalue weighted by Gasteiger charge is 2.33. The topological polar surface area (TPSA) is 17.3 Å².